The maximum Gasteiger partial charge on any atom is 0.316 e. The number of benzene rings is 2. The third-order valence-electron chi connectivity index (χ3n) is 3.99. The van der Waals surface area contributed by atoms with Gasteiger partial charge in [0.25, 0.3) is 0 Å². The Labute approximate surface area is 166 Å². The van der Waals surface area contributed by atoms with Crippen LogP contribution in [0.2, 0.25) is 0 Å². The van der Waals surface area contributed by atoms with E-state index in [1.807, 2.05) is 38.1 Å². The van der Waals surface area contributed by atoms with Crippen LogP contribution in [-0.2, 0) is 16.1 Å². The molecule has 1 aromatic heterocycles. The zero-order valence-corrected chi connectivity index (χ0v) is 16.4. The highest BCUT2D eigenvalue weighted by molar-refractivity contribution is 8.00. The SMILES string of the molecule is CCOc1ccc(SCC(=O)OCc2noc(-c3ccc(F)cc3)c2C)cc1. The Bertz CT molecular complexity index is 923. The maximum atomic E-state index is 13.1. The van der Waals surface area contributed by atoms with Crippen LogP contribution in [0.1, 0.15) is 18.2 Å². The summed E-state index contributed by atoms with van der Waals surface area (Å²) in [5, 5.41) is 3.97. The van der Waals surface area contributed by atoms with Gasteiger partial charge in [0.1, 0.15) is 23.9 Å². The van der Waals surface area contributed by atoms with Crippen molar-refractivity contribution in [1.82, 2.24) is 5.16 Å². The fourth-order valence-corrected chi connectivity index (χ4v) is 3.20. The molecule has 0 N–H and O–H groups in total. The molecule has 0 atom stereocenters. The lowest BCUT2D eigenvalue weighted by Gasteiger charge is -2.05. The number of hydrogen-bond donors (Lipinski definition) is 0. The normalized spacial score (nSPS) is 10.7. The van der Waals surface area contributed by atoms with Gasteiger partial charge in [-0.2, -0.15) is 0 Å². The molecule has 3 rings (SSSR count). The molecule has 0 aliphatic carbocycles. The summed E-state index contributed by atoms with van der Waals surface area (Å²) in [4.78, 5) is 13.0. The second-order valence-corrected chi connectivity index (χ2v) is 6.99. The van der Waals surface area contributed by atoms with Gasteiger partial charge in [-0.25, -0.2) is 4.39 Å². The molecule has 0 bridgehead atoms. The van der Waals surface area contributed by atoms with Gasteiger partial charge in [-0.05, 0) is 62.4 Å². The van der Waals surface area contributed by atoms with Crippen molar-refractivity contribution in [3.05, 3.63) is 65.6 Å². The van der Waals surface area contributed by atoms with E-state index in [0.717, 1.165) is 21.8 Å². The fourth-order valence-electron chi connectivity index (χ4n) is 2.51. The number of rotatable bonds is 8. The van der Waals surface area contributed by atoms with Crippen molar-refractivity contribution in [1.29, 1.82) is 0 Å². The fraction of sp³-hybridized carbons (Fsp3) is 0.238. The van der Waals surface area contributed by atoms with Gasteiger partial charge in [0, 0.05) is 16.0 Å². The van der Waals surface area contributed by atoms with E-state index in [2.05, 4.69) is 5.16 Å². The standard InChI is InChI=1S/C21H20FNO4S/c1-3-25-17-8-10-18(11-9-17)28-13-20(24)26-12-19-14(2)21(27-23-19)15-4-6-16(22)7-5-15/h4-11H,3,12-13H2,1-2H3. The first kappa shape index (κ1) is 19.9. The molecule has 146 valence electrons. The van der Waals surface area contributed by atoms with Crippen molar-refractivity contribution in [3.63, 3.8) is 0 Å². The molecule has 0 unspecified atom stereocenters. The summed E-state index contributed by atoms with van der Waals surface area (Å²) >= 11 is 1.39. The molecule has 0 fully saturated rings. The largest absolute Gasteiger partial charge is 0.494 e. The summed E-state index contributed by atoms with van der Waals surface area (Å²) in [7, 11) is 0. The van der Waals surface area contributed by atoms with Gasteiger partial charge in [-0.1, -0.05) is 5.16 Å². The molecule has 0 aliphatic rings. The molecule has 5 nitrogen and oxygen atoms in total. The first-order chi connectivity index (χ1) is 13.6. The third-order valence-corrected chi connectivity index (χ3v) is 4.97. The first-order valence-electron chi connectivity index (χ1n) is 8.79. The molecule has 3 aromatic rings. The molecule has 28 heavy (non-hydrogen) atoms. The molecule has 0 aliphatic heterocycles. The lowest BCUT2D eigenvalue weighted by molar-refractivity contribution is -0.141. The van der Waals surface area contributed by atoms with Crippen LogP contribution >= 0.6 is 11.8 Å². The molecule has 2 aromatic carbocycles. The predicted molar refractivity (Wildman–Crippen MR) is 105 cm³/mol. The molecule has 0 amide bonds. The molecule has 0 radical (unpaired) electrons. The van der Waals surface area contributed by atoms with E-state index in [9.17, 15) is 9.18 Å². The number of carbonyl (C=O) groups is 1. The van der Waals surface area contributed by atoms with Crippen molar-refractivity contribution in [3.8, 4) is 17.1 Å². The van der Waals surface area contributed by atoms with Crippen LogP contribution in [0.15, 0.2) is 57.9 Å². The maximum absolute atomic E-state index is 13.1. The van der Waals surface area contributed by atoms with E-state index in [1.165, 1.54) is 23.9 Å². The van der Waals surface area contributed by atoms with Crippen molar-refractivity contribution < 1.29 is 23.2 Å². The summed E-state index contributed by atoms with van der Waals surface area (Å²) < 4.78 is 29.1. The molecule has 7 heteroatoms. The molecule has 0 spiro atoms. The second-order valence-electron chi connectivity index (χ2n) is 5.94. The summed E-state index contributed by atoms with van der Waals surface area (Å²) in [6, 6.07) is 13.5. The number of halogens is 1. The summed E-state index contributed by atoms with van der Waals surface area (Å²) in [5.41, 5.74) is 2.02. The van der Waals surface area contributed by atoms with E-state index in [1.54, 1.807) is 12.1 Å². The number of carbonyl (C=O) groups excluding carboxylic acids is 1. The van der Waals surface area contributed by atoms with Crippen molar-refractivity contribution in [2.45, 2.75) is 25.3 Å². The van der Waals surface area contributed by atoms with Gasteiger partial charge in [-0.3, -0.25) is 4.79 Å². The van der Waals surface area contributed by atoms with Crippen LogP contribution in [0.3, 0.4) is 0 Å². The predicted octanol–water partition coefficient (Wildman–Crippen LogP) is 5.02. The number of thioether (sulfide) groups is 1. The average Bonchev–Trinajstić information content (AvgIpc) is 3.07. The highest BCUT2D eigenvalue weighted by Gasteiger charge is 2.15. The lowest BCUT2D eigenvalue weighted by atomic mass is 10.1. The van der Waals surface area contributed by atoms with Crippen molar-refractivity contribution in [2.24, 2.45) is 0 Å². The highest BCUT2D eigenvalue weighted by Crippen LogP contribution is 2.26. The number of hydrogen-bond acceptors (Lipinski definition) is 6. The molecule has 0 saturated heterocycles. The number of esters is 1. The molecule has 1 heterocycles. The van der Waals surface area contributed by atoms with E-state index >= 15 is 0 Å². The zero-order valence-electron chi connectivity index (χ0n) is 15.6. The summed E-state index contributed by atoms with van der Waals surface area (Å²) in [5.74, 6) is 0.864. The van der Waals surface area contributed by atoms with Crippen LogP contribution in [0.4, 0.5) is 4.39 Å². The van der Waals surface area contributed by atoms with Gasteiger partial charge in [0.2, 0.25) is 0 Å². The molecular formula is C21H20FNO4S. The van der Waals surface area contributed by atoms with Crippen LogP contribution in [0.5, 0.6) is 5.75 Å². The Morgan fingerprint density at radius 3 is 2.54 bits per heavy atom. The number of ether oxygens (including phenoxy) is 2. The third kappa shape index (κ3) is 5.13. The quantitative estimate of drug-likeness (QED) is 0.390. The van der Waals surface area contributed by atoms with Gasteiger partial charge in [0.05, 0.1) is 12.4 Å². The van der Waals surface area contributed by atoms with Gasteiger partial charge in [-0.15, -0.1) is 11.8 Å². The number of nitrogens with zero attached hydrogens (tertiary/aromatic N) is 1. The zero-order chi connectivity index (χ0) is 19.9. The average molecular weight is 401 g/mol. The van der Waals surface area contributed by atoms with E-state index < -0.39 is 0 Å². The Hall–Kier alpha value is -2.80. The summed E-state index contributed by atoms with van der Waals surface area (Å²) in [6.07, 6.45) is 0. The highest BCUT2D eigenvalue weighted by atomic mass is 32.2. The van der Waals surface area contributed by atoms with Crippen LogP contribution in [0.25, 0.3) is 11.3 Å². The Kier molecular flexibility index (Phi) is 6.71. The smallest absolute Gasteiger partial charge is 0.316 e. The first-order valence-corrected chi connectivity index (χ1v) is 9.77. The van der Waals surface area contributed by atoms with Gasteiger partial charge < -0.3 is 14.0 Å². The lowest BCUT2D eigenvalue weighted by Crippen LogP contribution is -2.08. The minimum atomic E-state index is -0.343. The van der Waals surface area contributed by atoms with Crippen LogP contribution in [-0.4, -0.2) is 23.5 Å². The molecule has 0 saturated carbocycles. The second kappa shape index (κ2) is 9.41. The number of aromatic nitrogens is 1. The topological polar surface area (TPSA) is 61.6 Å². The minimum Gasteiger partial charge on any atom is -0.494 e. The van der Waals surface area contributed by atoms with Crippen molar-refractivity contribution in [2.75, 3.05) is 12.4 Å². The van der Waals surface area contributed by atoms with Crippen molar-refractivity contribution >= 4 is 17.7 Å². The van der Waals surface area contributed by atoms with E-state index in [4.69, 9.17) is 14.0 Å². The summed E-state index contributed by atoms with van der Waals surface area (Å²) in [6.45, 7) is 4.40. The Morgan fingerprint density at radius 2 is 1.86 bits per heavy atom. The van der Waals surface area contributed by atoms with Gasteiger partial charge >= 0.3 is 5.97 Å². The Morgan fingerprint density at radius 1 is 1.14 bits per heavy atom. The monoisotopic (exact) mass is 401 g/mol. The Balaban J connectivity index is 1.51. The minimum absolute atomic E-state index is 0.0270. The van der Waals surface area contributed by atoms with E-state index in [0.29, 0.717) is 18.1 Å². The van der Waals surface area contributed by atoms with Gasteiger partial charge in [0.15, 0.2) is 5.76 Å². The van der Waals surface area contributed by atoms with Crippen LogP contribution < -0.4 is 4.74 Å². The van der Waals surface area contributed by atoms with E-state index in [-0.39, 0.29) is 24.1 Å². The van der Waals surface area contributed by atoms with Crippen LogP contribution in [0, 0.1) is 12.7 Å². The molecular weight excluding hydrogens is 381 g/mol.